The Morgan fingerprint density at radius 2 is 0.333 bits per heavy atom. The summed E-state index contributed by atoms with van der Waals surface area (Å²) >= 11 is 0. The average Bonchev–Trinajstić information content (AvgIpc) is 3.44. The topological polar surface area (TPSA) is 279 Å². The molecule has 0 aromatic heterocycles. The molecular weight excluding hydrogens is 937 g/mol. The summed E-state index contributed by atoms with van der Waals surface area (Å²) in [5.74, 6) is -12.5. The fraction of sp³-hybridized carbons (Fsp3) is 0.222. The van der Waals surface area contributed by atoms with Crippen molar-refractivity contribution in [3.63, 3.8) is 0 Å². The second-order valence-corrected chi connectivity index (χ2v) is 16.6. The standard InChI is InChI=1S/C54H48O18/c1-67-37-19-7-31(8-20-37)43(55)49(61)50(62,44(56)32-9-21-38(68-2)22-10-32)52(64,46(58)34-13-25-40(70-4)26-14-34)54(66,48(60)36-17-29-42(72-6)30-18-36)53(65,47(59)35-15-27-41(71-5)28-16-35)51(49,63)45(57)33-11-23-39(69-3)24-12-33/h7-30,61-66H,1-6H3. The third-order valence-electron chi connectivity index (χ3n) is 13.2. The van der Waals surface area contributed by atoms with E-state index in [0.717, 1.165) is 146 Å². The maximum absolute atomic E-state index is 16.0. The molecular formula is C54H48O18. The summed E-state index contributed by atoms with van der Waals surface area (Å²) < 4.78 is 31.4. The Kier molecular flexibility index (Phi) is 13.8. The highest BCUT2D eigenvalue weighted by Gasteiger charge is 2.98. The minimum Gasteiger partial charge on any atom is -0.497 e. The average molecular weight is 985 g/mol. The summed E-state index contributed by atoms with van der Waals surface area (Å²) in [7, 11) is 7.50. The molecule has 6 aromatic carbocycles. The van der Waals surface area contributed by atoms with E-state index in [9.17, 15) is 30.6 Å². The second kappa shape index (κ2) is 19.2. The lowest BCUT2D eigenvalue weighted by atomic mass is 9.38. The Morgan fingerprint density at radius 1 is 0.236 bits per heavy atom. The van der Waals surface area contributed by atoms with Gasteiger partial charge in [0.25, 0.3) is 0 Å². The minimum atomic E-state index is -5.01. The maximum atomic E-state index is 16.0. The van der Waals surface area contributed by atoms with Gasteiger partial charge >= 0.3 is 0 Å². The fourth-order valence-electron chi connectivity index (χ4n) is 9.25. The Bertz CT molecular complexity index is 2480. The van der Waals surface area contributed by atoms with Gasteiger partial charge in [0.15, 0.2) is 0 Å². The SMILES string of the molecule is COc1ccc(C(=O)C2(O)C(O)(C(=O)c3ccc(OC)cc3)C(O)(C(=O)c3ccc(OC)cc3)C(O)(C(=O)c3ccc(OC)cc3)C(O)(C(=O)c3ccc(OC)cc3)C2(O)C(=O)c2ccc(OC)cc2)cc1. The van der Waals surface area contributed by atoms with Crippen molar-refractivity contribution in [1.29, 1.82) is 0 Å². The molecule has 1 saturated carbocycles. The van der Waals surface area contributed by atoms with E-state index in [0.29, 0.717) is 0 Å². The number of methoxy groups -OCH3 is 6. The van der Waals surface area contributed by atoms with E-state index in [4.69, 9.17) is 28.4 Å². The van der Waals surface area contributed by atoms with Crippen LogP contribution < -0.4 is 28.4 Å². The number of carbonyl (C=O) groups is 6. The molecule has 0 unspecified atom stereocenters. The Morgan fingerprint density at radius 3 is 0.417 bits per heavy atom. The highest BCUT2D eigenvalue weighted by molar-refractivity contribution is 6.29. The van der Waals surface area contributed by atoms with Crippen LogP contribution in [0.3, 0.4) is 0 Å². The highest BCUT2D eigenvalue weighted by atomic mass is 16.5. The molecule has 0 bridgehead atoms. The van der Waals surface area contributed by atoms with Gasteiger partial charge < -0.3 is 59.1 Å². The quantitative estimate of drug-likeness (QED) is 0.0669. The van der Waals surface area contributed by atoms with Crippen LogP contribution in [0.5, 0.6) is 34.5 Å². The molecule has 0 atom stereocenters. The predicted molar refractivity (Wildman–Crippen MR) is 254 cm³/mol. The van der Waals surface area contributed by atoms with E-state index in [2.05, 4.69) is 0 Å². The van der Waals surface area contributed by atoms with E-state index in [-0.39, 0.29) is 34.5 Å². The van der Waals surface area contributed by atoms with Gasteiger partial charge in [-0.3, -0.25) is 28.8 Å². The zero-order chi connectivity index (χ0) is 52.6. The molecule has 0 amide bonds. The second-order valence-electron chi connectivity index (χ2n) is 16.6. The van der Waals surface area contributed by atoms with E-state index >= 15 is 28.8 Å². The molecule has 0 radical (unpaired) electrons. The first-order chi connectivity index (χ1) is 34.2. The van der Waals surface area contributed by atoms with Gasteiger partial charge in [0.2, 0.25) is 68.3 Å². The van der Waals surface area contributed by atoms with E-state index in [1.165, 1.54) is 42.7 Å². The summed E-state index contributed by atoms with van der Waals surface area (Å²) in [6.45, 7) is 0. The number of rotatable bonds is 18. The number of carbonyl (C=O) groups excluding carboxylic acids is 6. The van der Waals surface area contributed by atoms with Crippen molar-refractivity contribution in [1.82, 2.24) is 0 Å². The minimum absolute atomic E-state index is 0.0631. The first-order valence-electron chi connectivity index (χ1n) is 21.7. The monoisotopic (exact) mass is 984 g/mol. The fourth-order valence-corrected chi connectivity index (χ4v) is 9.25. The molecule has 18 nitrogen and oxygen atoms in total. The third kappa shape index (κ3) is 7.25. The van der Waals surface area contributed by atoms with Crippen LogP contribution in [0.2, 0.25) is 0 Å². The number of aliphatic hydroxyl groups is 6. The summed E-state index contributed by atoms with van der Waals surface area (Å²) in [6, 6.07) is 24.4. The zero-order valence-corrected chi connectivity index (χ0v) is 39.4. The largest absolute Gasteiger partial charge is 0.497 e. The molecule has 372 valence electrons. The van der Waals surface area contributed by atoms with E-state index in [1.54, 1.807) is 0 Å². The molecule has 7 rings (SSSR count). The van der Waals surface area contributed by atoms with Gasteiger partial charge in [-0.05, 0) is 146 Å². The molecule has 0 aliphatic heterocycles. The lowest BCUT2D eigenvalue weighted by molar-refractivity contribution is -0.354. The van der Waals surface area contributed by atoms with Crippen LogP contribution in [0.25, 0.3) is 0 Å². The number of hydrogen-bond acceptors (Lipinski definition) is 18. The van der Waals surface area contributed by atoms with Crippen molar-refractivity contribution < 1.29 is 87.8 Å². The van der Waals surface area contributed by atoms with Gasteiger partial charge in [0, 0.05) is 33.4 Å². The normalized spacial score (nSPS) is 24.5. The van der Waals surface area contributed by atoms with Crippen LogP contribution in [-0.4, -0.2) is 142 Å². The summed E-state index contributed by atoms with van der Waals surface area (Å²) in [4.78, 5) is 96.0. The smallest absolute Gasteiger partial charge is 0.207 e. The highest BCUT2D eigenvalue weighted by Crippen LogP contribution is 2.63. The van der Waals surface area contributed by atoms with Gasteiger partial charge in [-0.1, -0.05) is 0 Å². The first-order valence-corrected chi connectivity index (χ1v) is 21.7. The molecule has 6 N–H and O–H groups in total. The molecule has 1 aliphatic carbocycles. The van der Waals surface area contributed by atoms with Crippen molar-refractivity contribution in [3.05, 3.63) is 179 Å². The third-order valence-corrected chi connectivity index (χ3v) is 13.2. The van der Waals surface area contributed by atoms with E-state index in [1.807, 2.05) is 0 Å². The molecule has 0 spiro atoms. The first kappa shape index (κ1) is 51.7. The summed E-state index contributed by atoms with van der Waals surface area (Å²) in [6.07, 6.45) is 0. The van der Waals surface area contributed by atoms with Crippen molar-refractivity contribution in [2.24, 2.45) is 0 Å². The van der Waals surface area contributed by atoms with Crippen LogP contribution in [0.4, 0.5) is 0 Å². The molecule has 6 aromatic rings. The van der Waals surface area contributed by atoms with Crippen LogP contribution in [0.15, 0.2) is 146 Å². The number of ether oxygens (including phenoxy) is 6. The van der Waals surface area contributed by atoms with Gasteiger partial charge in [0.1, 0.15) is 34.5 Å². The lowest BCUT2D eigenvalue weighted by Crippen LogP contribution is -3.02. The van der Waals surface area contributed by atoms with Crippen molar-refractivity contribution in [3.8, 4) is 34.5 Å². The summed E-state index contributed by atoms with van der Waals surface area (Å²) in [5.41, 5.74) is -35.1. The van der Waals surface area contributed by atoms with Crippen LogP contribution in [0, 0.1) is 0 Å². The molecule has 0 heterocycles. The Hall–Kier alpha value is -8.10. The van der Waals surface area contributed by atoms with Crippen molar-refractivity contribution >= 4 is 34.7 Å². The van der Waals surface area contributed by atoms with Crippen LogP contribution >= 0.6 is 0 Å². The van der Waals surface area contributed by atoms with Gasteiger partial charge in [-0.25, -0.2) is 0 Å². The number of benzene rings is 6. The predicted octanol–water partition coefficient (Wildman–Crippen LogP) is 3.74. The van der Waals surface area contributed by atoms with Gasteiger partial charge in [0.05, 0.1) is 42.7 Å². The van der Waals surface area contributed by atoms with E-state index < -0.39 is 102 Å². The van der Waals surface area contributed by atoms with Gasteiger partial charge in [-0.15, -0.1) is 0 Å². The Balaban J connectivity index is 1.80. The Labute approximate surface area is 411 Å². The lowest BCUT2D eigenvalue weighted by Gasteiger charge is -2.68. The van der Waals surface area contributed by atoms with Crippen LogP contribution in [-0.2, 0) is 0 Å². The number of ketones is 6. The number of hydrogen-bond donors (Lipinski definition) is 6. The molecule has 1 fully saturated rings. The zero-order valence-electron chi connectivity index (χ0n) is 39.4. The molecule has 1 aliphatic rings. The molecule has 0 saturated heterocycles. The van der Waals surface area contributed by atoms with Gasteiger partial charge in [-0.2, -0.15) is 0 Å². The van der Waals surface area contributed by atoms with Crippen molar-refractivity contribution in [2.75, 3.05) is 42.7 Å². The maximum Gasteiger partial charge on any atom is 0.207 e. The summed E-state index contributed by atoms with van der Waals surface area (Å²) in [5, 5.41) is 84.8. The molecule has 18 heteroatoms. The van der Waals surface area contributed by atoms with Crippen LogP contribution in [0.1, 0.15) is 62.1 Å². The van der Waals surface area contributed by atoms with Crippen molar-refractivity contribution in [2.45, 2.75) is 33.6 Å². The number of Topliss-reactive ketones (excluding diaryl/α,β-unsaturated/α-hetero) is 6. The molecule has 72 heavy (non-hydrogen) atoms.